The zero-order chi connectivity index (χ0) is 35.9. The zero-order valence-electron chi connectivity index (χ0n) is 30.5. The summed E-state index contributed by atoms with van der Waals surface area (Å²) in [7, 11) is 3.44. The number of hydrogen-bond acceptors (Lipinski definition) is 8. The number of anilines is 1. The van der Waals surface area contributed by atoms with Gasteiger partial charge in [0, 0.05) is 43.8 Å². The summed E-state index contributed by atoms with van der Waals surface area (Å²) in [4.78, 5) is 29.1. The fraction of sp³-hybridized carbons (Fsp3) is 0.500. The first-order valence-electron chi connectivity index (χ1n) is 17.5. The highest BCUT2D eigenvalue weighted by Gasteiger charge is 2.35. The van der Waals surface area contributed by atoms with Gasteiger partial charge in [-0.3, -0.25) is 4.79 Å². The summed E-state index contributed by atoms with van der Waals surface area (Å²) in [6.45, 7) is 11.4. The molecule has 3 aromatic rings. The molecule has 0 spiro atoms. The number of ether oxygens (including phenoxy) is 6. The molecule has 1 aliphatic rings. The number of nitrogens with zero attached hydrogens (tertiary/aromatic N) is 2. The Kier molecular flexibility index (Phi) is 14.9. The van der Waals surface area contributed by atoms with Crippen molar-refractivity contribution < 1.29 is 38.0 Å². The first kappa shape index (κ1) is 38.7. The molecule has 50 heavy (non-hydrogen) atoms. The number of methoxy groups -OCH3 is 1. The lowest BCUT2D eigenvalue weighted by atomic mass is 9.87. The molecule has 1 heterocycles. The quantitative estimate of drug-likeness (QED) is 0.136. The van der Waals surface area contributed by atoms with Gasteiger partial charge in [0.2, 0.25) is 5.91 Å². The van der Waals surface area contributed by atoms with Gasteiger partial charge in [-0.15, -0.1) is 0 Å². The molecule has 10 heteroatoms. The van der Waals surface area contributed by atoms with Crippen LogP contribution >= 0.6 is 0 Å². The third kappa shape index (κ3) is 12.0. The summed E-state index contributed by atoms with van der Waals surface area (Å²) < 4.78 is 34.8. The monoisotopic (exact) mass is 690 g/mol. The molecule has 0 bridgehead atoms. The van der Waals surface area contributed by atoms with Crippen LogP contribution in [0.25, 0.3) is 0 Å². The van der Waals surface area contributed by atoms with Crippen molar-refractivity contribution in [3.63, 3.8) is 0 Å². The number of rotatable bonds is 17. The lowest BCUT2D eigenvalue weighted by Gasteiger charge is -2.39. The minimum absolute atomic E-state index is 0.0123. The maximum absolute atomic E-state index is 13.0. The molecular formula is C40H54N2O8. The topological polar surface area (TPSA) is 96.0 Å². The van der Waals surface area contributed by atoms with Crippen LogP contribution < -0.4 is 14.4 Å². The molecule has 1 fully saturated rings. The van der Waals surface area contributed by atoms with E-state index in [1.165, 1.54) is 0 Å². The Hall–Kier alpha value is -4.12. The van der Waals surface area contributed by atoms with Gasteiger partial charge in [0.1, 0.15) is 17.1 Å². The van der Waals surface area contributed by atoms with E-state index in [0.29, 0.717) is 59.2 Å². The van der Waals surface area contributed by atoms with Crippen molar-refractivity contribution in [2.24, 2.45) is 0 Å². The first-order valence-corrected chi connectivity index (χ1v) is 17.5. The molecule has 2 unspecified atom stereocenters. The molecular weight excluding hydrogens is 636 g/mol. The molecule has 0 saturated carbocycles. The lowest BCUT2D eigenvalue weighted by molar-refractivity contribution is -0.119. The number of carbonyl (C=O) groups is 2. The number of benzene rings is 3. The van der Waals surface area contributed by atoms with Crippen molar-refractivity contribution in [1.29, 1.82) is 0 Å². The van der Waals surface area contributed by atoms with Crippen LogP contribution in [0.3, 0.4) is 0 Å². The SMILES string of the molecule is CCOCCC(=O)N(C)c1cccc(COC2CN(C(=O)OC(C)(C)C)CCC2c2ccc(OCCCOCc3ccccc3OC)cc2)c1. The summed E-state index contributed by atoms with van der Waals surface area (Å²) in [6, 6.07) is 23.8. The van der Waals surface area contributed by atoms with Gasteiger partial charge in [-0.25, -0.2) is 4.79 Å². The van der Waals surface area contributed by atoms with E-state index < -0.39 is 5.60 Å². The molecule has 2 atom stereocenters. The Bertz CT molecular complexity index is 1490. The summed E-state index contributed by atoms with van der Waals surface area (Å²) in [6.07, 6.45) is 1.20. The normalized spacial score (nSPS) is 16.2. The second-order valence-electron chi connectivity index (χ2n) is 13.4. The third-order valence-electron chi connectivity index (χ3n) is 8.47. The van der Waals surface area contributed by atoms with Crippen molar-refractivity contribution >= 4 is 17.7 Å². The third-order valence-corrected chi connectivity index (χ3v) is 8.47. The van der Waals surface area contributed by atoms with E-state index in [0.717, 1.165) is 46.7 Å². The number of likely N-dealkylation sites (tertiary alicyclic amines) is 1. The van der Waals surface area contributed by atoms with Crippen LogP contribution in [0.2, 0.25) is 0 Å². The second kappa shape index (κ2) is 19.3. The van der Waals surface area contributed by atoms with Gasteiger partial charge in [-0.2, -0.15) is 0 Å². The fourth-order valence-electron chi connectivity index (χ4n) is 5.80. The Labute approximate surface area is 297 Å². The Morgan fingerprint density at radius 3 is 2.44 bits per heavy atom. The van der Waals surface area contributed by atoms with E-state index in [1.54, 1.807) is 24.0 Å². The van der Waals surface area contributed by atoms with Crippen LogP contribution in [0.4, 0.5) is 10.5 Å². The molecule has 3 aromatic carbocycles. The van der Waals surface area contributed by atoms with E-state index >= 15 is 0 Å². The fourth-order valence-corrected chi connectivity index (χ4v) is 5.80. The van der Waals surface area contributed by atoms with Crippen LogP contribution in [0.5, 0.6) is 11.5 Å². The number of para-hydroxylation sites is 1. The van der Waals surface area contributed by atoms with E-state index in [9.17, 15) is 9.59 Å². The molecule has 0 radical (unpaired) electrons. The van der Waals surface area contributed by atoms with Gasteiger partial charge in [0.25, 0.3) is 0 Å². The van der Waals surface area contributed by atoms with Crippen molar-refractivity contribution in [2.45, 2.75) is 77.8 Å². The maximum atomic E-state index is 13.0. The lowest BCUT2D eigenvalue weighted by Crippen LogP contribution is -2.48. The molecule has 2 amide bonds. The number of hydrogen-bond donors (Lipinski definition) is 0. The summed E-state index contributed by atoms with van der Waals surface area (Å²) >= 11 is 0. The maximum Gasteiger partial charge on any atom is 0.410 e. The van der Waals surface area contributed by atoms with Crippen molar-refractivity contribution in [2.75, 3.05) is 58.6 Å². The Morgan fingerprint density at radius 1 is 0.920 bits per heavy atom. The predicted molar refractivity (Wildman–Crippen MR) is 194 cm³/mol. The number of carbonyl (C=O) groups excluding carboxylic acids is 2. The number of piperidine rings is 1. The van der Waals surface area contributed by atoms with Gasteiger partial charge in [0.05, 0.1) is 59.2 Å². The molecule has 10 nitrogen and oxygen atoms in total. The molecule has 1 aliphatic heterocycles. The van der Waals surface area contributed by atoms with E-state index in [-0.39, 0.29) is 24.0 Å². The smallest absolute Gasteiger partial charge is 0.410 e. The minimum Gasteiger partial charge on any atom is -0.496 e. The minimum atomic E-state index is -0.589. The Balaban J connectivity index is 1.35. The number of amides is 2. The highest BCUT2D eigenvalue weighted by Crippen LogP contribution is 2.33. The molecule has 0 aliphatic carbocycles. The highest BCUT2D eigenvalue weighted by atomic mass is 16.6. The second-order valence-corrected chi connectivity index (χ2v) is 13.4. The van der Waals surface area contributed by atoms with E-state index in [4.69, 9.17) is 28.4 Å². The van der Waals surface area contributed by atoms with Crippen molar-refractivity contribution in [1.82, 2.24) is 4.90 Å². The van der Waals surface area contributed by atoms with Gasteiger partial charge in [-0.05, 0) is 75.6 Å². The zero-order valence-corrected chi connectivity index (χ0v) is 30.5. The van der Waals surface area contributed by atoms with Crippen LogP contribution in [0.1, 0.15) is 69.6 Å². The average molecular weight is 691 g/mol. The van der Waals surface area contributed by atoms with Crippen LogP contribution in [0.15, 0.2) is 72.8 Å². The molecule has 1 saturated heterocycles. The highest BCUT2D eigenvalue weighted by molar-refractivity contribution is 5.92. The molecule has 0 N–H and O–H groups in total. The van der Waals surface area contributed by atoms with Gasteiger partial charge in [-0.1, -0.05) is 42.5 Å². The summed E-state index contributed by atoms with van der Waals surface area (Å²) in [5.74, 6) is 1.67. The van der Waals surface area contributed by atoms with Crippen molar-refractivity contribution in [3.05, 3.63) is 89.5 Å². The van der Waals surface area contributed by atoms with Crippen molar-refractivity contribution in [3.8, 4) is 11.5 Å². The largest absolute Gasteiger partial charge is 0.496 e. The van der Waals surface area contributed by atoms with Crippen LogP contribution in [-0.4, -0.2) is 82.3 Å². The average Bonchev–Trinajstić information content (AvgIpc) is 3.11. The molecule has 0 aromatic heterocycles. The van der Waals surface area contributed by atoms with Crippen LogP contribution in [-0.2, 0) is 37.0 Å². The molecule has 272 valence electrons. The van der Waals surface area contributed by atoms with E-state index in [2.05, 4.69) is 12.1 Å². The van der Waals surface area contributed by atoms with Crippen LogP contribution in [0, 0.1) is 0 Å². The predicted octanol–water partition coefficient (Wildman–Crippen LogP) is 7.38. The van der Waals surface area contributed by atoms with Gasteiger partial charge < -0.3 is 38.2 Å². The summed E-state index contributed by atoms with van der Waals surface area (Å²) in [5.41, 5.74) is 3.29. The van der Waals surface area contributed by atoms with Gasteiger partial charge >= 0.3 is 6.09 Å². The Morgan fingerprint density at radius 2 is 1.70 bits per heavy atom. The summed E-state index contributed by atoms with van der Waals surface area (Å²) in [5, 5.41) is 0. The first-order chi connectivity index (χ1) is 24.1. The van der Waals surface area contributed by atoms with E-state index in [1.807, 2.05) is 88.4 Å². The molecule has 4 rings (SSSR count). The van der Waals surface area contributed by atoms with Gasteiger partial charge in [0.15, 0.2) is 0 Å². The standard InChI is InChI=1S/C40H54N2O8/c1-7-46-25-21-38(43)41(5)33-14-10-12-30(26-33)28-49-37-27-42(39(44)50-40(2,3)4)22-20-35(37)31-16-18-34(19-17-31)48-24-11-23-47-29-32-13-8-9-15-36(32)45-6/h8-10,12-19,26,35,37H,7,11,20-25,27-29H2,1-6H3.